The van der Waals surface area contributed by atoms with Crippen LogP contribution < -0.4 is 16.6 Å². The van der Waals surface area contributed by atoms with Crippen molar-refractivity contribution in [2.45, 2.75) is 71.5 Å². The first-order chi connectivity index (χ1) is 17.0. The molecule has 2 aromatic heterocycles. The van der Waals surface area contributed by atoms with Gasteiger partial charge in [-0.3, -0.25) is 14.2 Å². The van der Waals surface area contributed by atoms with Gasteiger partial charge in [-0.25, -0.2) is 13.9 Å². The smallest absolute Gasteiger partial charge is 0.349 e. The third-order valence-electron chi connectivity index (χ3n) is 6.88. The van der Waals surface area contributed by atoms with Crippen LogP contribution in [0, 0.1) is 6.92 Å². The van der Waals surface area contributed by atoms with Crippen molar-refractivity contribution in [1.29, 1.82) is 0 Å². The van der Waals surface area contributed by atoms with Crippen molar-refractivity contribution < 1.29 is 4.79 Å². The Hall–Kier alpha value is -3.68. The number of amides is 1. The molecule has 0 bridgehead atoms. The maximum Gasteiger partial charge on any atom is 0.352 e. The Balaban J connectivity index is 1.63. The fraction of sp³-hybridized carbons (Fsp3) is 0.407. The monoisotopic (exact) mass is 473 g/mol. The maximum absolute atomic E-state index is 13.5. The molecule has 1 aliphatic carbocycles. The van der Waals surface area contributed by atoms with Crippen molar-refractivity contribution in [1.82, 2.24) is 24.1 Å². The number of aryl methyl sites for hydroxylation is 2. The van der Waals surface area contributed by atoms with Gasteiger partial charge in [0.1, 0.15) is 0 Å². The number of nitrogens with one attached hydrogen (secondary N) is 1. The third-order valence-corrected chi connectivity index (χ3v) is 6.88. The van der Waals surface area contributed by atoms with Crippen LogP contribution in [0.5, 0.6) is 0 Å². The number of hydrogen-bond acceptors (Lipinski definition) is 4. The summed E-state index contributed by atoms with van der Waals surface area (Å²) < 4.78 is 4.41. The first-order valence-electron chi connectivity index (χ1n) is 12.5. The number of aromatic nitrogens is 4. The Morgan fingerprint density at radius 1 is 1.06 bits per heavy atom. The third kappa shape index (κ3) is 4.40. The molecule has 0 aliphatic heterocycles. The lowest BCUT2D eigenvalue weighted by molar-refractivity contribution is 0.0928. The van der Waals surface area contributed by atoms with Crippen molar-refractivity contribution in [3.05, 3.63) is 80.0 Å². The molecule has 1 aliphatic rings. The number of carbonyl (C=O) groups excluding carboxylic acids is 1. The predicted octanol–water partition coefficient (Wildman–Crippen LogP) is 3.64. The van der Waals surface area contributed by atoms with E-state index in [1.165, 1.54) is 15.5 Å². The molecule has 4 aromatic rings. The van der Waals surface area contributed by atoms with Gasteiger partial charge in [-0.05, 0) is 49.9 Å². The van der Waals surface area contributed by atoms with Crippen LogP contribution in [0.1, 0.15) is 66.9 Å². The first kappa shape index (κ1) is 23.1. The van der Waals surface area contributed by atoms with Crippen molar-refractivity contribution in [3.8, 4) is 0 Å². The highest BCUT2D eigenvalue weighted by Crippen LogP contribution is 2.19. The summed E-state index contributed by atoms with van der Waals surface area (Å²) >= 11 is 0. The van der Waals surface area contributed by atoms with Crippen LogP contribution in [0.15, 0.2) is 52.1 Å². The van der Waals surface area contributed by atoms with Gasteiger partial charge in [-0.2, -0.15) is 0 Å². The standard InChI is InChI=1S/C27H31N5O3/c1-3-15-30-25(34)22-14-13-20(24(33)28-21-7-5-4-6-8-21)16-23(22)32-26(30)29-31(27(32)35)17-19-11-9-18(2)10-12-19/h9-14,16,21H,3-8,15,17H2,1-2H3,(H,28,33). The van der Waals surface area contributed by atoms with Crippen LogP contribution in [-0.4, -0.2) is 30.7 Å². The minimum Gasteiger partial charge on any atom is -0.349 e. The predicted molar refractivity (Wildman–Crippen MR) is 136 cm³/mol. The molecule has 0 atom stereocenters. The average molecular weight is 474 g/mol. The Labute approximate surface area is 203 Å². The molecule has 2 aromatic carbocycles. The fourth-order valence-corrected chi connectivity index (χ4v) is 4.97. The van der Waals surface area contributed by atoms with Crippen LogP contribution in [-0.2, 0) is 13.1 Å². The molecule has 0 spiro atoms. The molecule has 5 rings (SSSR count). The van der Waals surface area contributed by atoms with Gasteiger partial charge in [0.15, 0.2) is 0 Å². The molecule has 182 valence electrons. The van der Waals surface area contributed by atoms with Gasteiger partial charge >= 0.3 is 5.69 Å². The minimum absolute atomic E-state index is 0.171. The molecule has 0 unspecified atom stereocenters. The Morgan fingerprint density at radius 3 is 2.51 bits per heavy atom. The van der Waals surface area contributed by atoms with Crippen LogP contribution in [0.25, 0.3) is 16.7 Å². The first-order valence-corrected chi connectivity index (χ1v) is 12.5. The molecule has 1 amide bonds. The van der Waals surface area contributed by atoms with E-state index in [0.29, 0.717) is 35.3 Å². The number of hydrogen-bond donors (Lipinski definition) is 1. The molecule has 1 N–H and O–H groups in total. The molecule has 0 radical (unpaired) electrons. The molecule has 0 saturated heterocycles. The zero-order valence-corrected chi connectivity index (χ0v) is 20.3. The van der Waals surface area contributed by atoms with Gasteiger partial charge in [-0.1, -0.05) is 56.0 Å². The number of benzene rings is 2. The maximum atomic E-state index is 13.5. The summed E-state index contributed by atoms with van der Waals surface area (Å²) in [5.74, 6) is 0.121. The molecule has 1 fully saturated rings. The van der Waals surface area contributed by atoms with Crippen LogP contribution >= 0.6 is 0 Å². The van der Waals surface area contributed by atoms with E-state index in [4.69, 9.17) is 0 Å². The quantitative estimate of drug-likeness (QED) is 0.463. The normalized spacial score (nSPS) is 14.6. The van der Waals surface area contributed by atoms with Crippen LogP contribution in [0.3, 0.4) is 0 Å². The zero-order valence-electron chi connectivity index (χ0n) is 20.3. The Morgan fingerprint density at radius 2 is 1.80 bits per heavy atom. The summed E-state index contributed by atoms with van der Waals surface area (Å²) in [5.41, 5.74) is 2.39. The van der Waals surface area contributed by atoms with Gasteiger partial charge in [0, 0.05) is 18.2 Å². The van der Waals surface area contributed by atoms with E-state index in [9.17, 15) is 14.4 Å². The lowest BCUT2D eigenvalue weighted by Crippen LogP contribution is -2.36. The topological polar surface area (TPSA) is 90.4 Å². The summed E-state index contributed by atoms with van der Waals surface area (Å²) in [6.45, 7) is 4.74. The second-order valence-electron chi connectivity index (χ2n) is 9.56. The molecule has 8 heteroatoms. The van der Waals surface area contributed by atoms with E-state index < -0.39 is 0 Å². The van der Waals surface area contributed by atoms with E-state index >= 15 is 0 Å². The molecular formula is C27H31N5O3. The van der Waals surface area contributed by atoms with Crippen LogP contribution in [0.4, 0.5) is 0 Å². The van der Waals surface area contributed by atoms with E-state index in [-0.39, 0.29) is 23.2 Å². The zero-order chi connectivity index (χ0) is 24.5. The number of rotatable bonds is 6. The number of carbonyl (C=O) groups is 1. The van der Waals surface area contributed by atoms with Gasteiger partial charge in [0.25, 0.3) is 11.5 Å². The van der Waals surface area contributed by atoms with Gasteiger partial charge < -0.3 is 5.32 Å². The second-order valence-corrected chi connectivity index (χ2v) is 9.56. The Kier molecular flexibility index (Phi) is 6.28. The summed E-state index contributed by atoms with van der Waals surface area (Å²) in [7, 11) is 0. The van der Waals surface area contributed by atoms with Crippen molar-refractivity contribution in [3.63, 3.8) is 0 Å². The van der Waals surface area contributed by atoms with Gasteiger partial charge in [-0.15, -0.1) is 5.10 Å². The highest BCUT2D eigenvalue weighted by Gasteiger charge is 2.20. The number of nitrogens with zero attached hydrogens (tertiary/aromatic N) is 4. The molecular weight excluding hydrogens is 442 g/mol. The van der Waals surface area contributed by atoms with E-state index in [2.05, 4.69) is 10.4 Å². The highest BCUT2D eigenvalue weighted by atomic mass is 16.2. The van der Waals surface area contributed by atoms with Gasteiger partial charge in [0.2, 0.25) is 5.78 Å². The van der Waals surface area contributed by atoms with Crippen molar-refractivity contribution >= 4 is 22.6 Å². The lowest BCUT2D eigenvalue weighted by atomic mass is 9.95. The molecule has 2 heterocycles. The van der Waals surface area contributed by atoms with Crippen molar-refractivity contribution in [2.75, 3.05) is 0 Å². The second kappa shape index (κ2) is 9.52. The van der Waals surface area contributed by atoms with Crippen LogP contribution in [0.2, 0.25) is 0 Å². The summed E-state index contributed by atoms with van der Waals surface area (Å²) in [6, 6.07) is 13.1. The largest absolute Gasteiger partial charge is 0.352 e. The Bertz CT molecular complexity index is 1500. The van der Waals surface area contributed by atoms with Crippen molar-refractivity contribution in [2.24, 2.45) is 0 Å². The molecule has 1 saturated carbocycles. The minimum atomic E-state index is -0.333. The summed E-state index contributed by atoms with van der Waals surface area (Å²) in [5, 5.41) is 8.08. The SMILES string of the molecule is CCCn1c(=O)c2ccc(C(=O)NC3CCCCC3)cc2n2c(=O)n(Cc3ccc(C)cc3)nc12. The molecule has 8 nitrogen and oxygen atoms in total. The molecule has 35 heavy (non-hydrogen) atoms. The summed E-state index contributed by atoms with van der Waals surface area (Å²) in [4.78, 5) is 39.9. The summed E-state index contributed by atoms with van der Waals surface area (Å²) in [6.07, 6.45) is 6.14. The van der Waals surface area contributed by atoms with E-state index in [1.807, 2.05) is 38.1 Å². The average Bonchev–Trinajstić information content (AvgIpc) is 3.19. The van der Waals surface area contributed by atoms with E-state index in [0.717, 1.165) is 43.2 Å². The number of fused-ring (bicyclic) bond motifs is 3. The lowest BCUT2D eigenvalue weighted by Gasteiger charge is -2.22. The van der Waals surface area contributed by atoms with E-state index in [1.54, 1.807) is 22.8 Å². The fourth-order valence-electron chi connectivity index (χ4n) is 4.97. The van der Waals surface area contributed by atoms with Gasteiger partial charge in [0.05, 0.1) is 17.4 Å². The highest BCUT2D eigenvalue weighted by molar-refractivity contribution is 5.98.